The number of carbonyl (C=O) groups is 1. The second kappa shape index (κ2) is 7.69. The predicted octanol–water partition coefficient (Wildman–Crippen LogP) is 3.96. The SMILES string of the molecule is COc1ccc(SCCC(=O)Nc2ccc(F)cc2)cc1. The molecule has 0 aliphatic carbocycles. The van der Waals surface area contributed by atoms with Crippen LogP contribution in [0.3, 0.4) is 0 Å². The van der Waals surface area contributed by atoms with E-state index >= 15 is 0 Å². The van der Waals surface area contributed by atoms with Crippen molar-refractivity contribution in [3.05, 3.63) is 54.3 Å². The Morgan fingerprint density at radius 2 is 1.81 bits per heavy atom. The van der Waals surface area contributed by atoms with Crippen LogP contribution in [-0.2, 0) is 4.79 Å². The third-order valence-corrected chi connectivity index (χ3v) is 3.80. The molecule has 0 saturated carbocycles. The minimum absolute atomic E-state index is 0.0809. The Kier molecular flexibility index (Phi) is 5.63. The monoisotopic (exact) mass is 305 g/mol. The van der Waals surface area contributed by atoms with E-state index in [0.29, 0.717) is 17.9 Å². The summed E-state index contributed by atoms with van der Waals surface area (Å²) in [6.07, 6.45) is 0.397. The summed E-state index contributed by atoms with van der Waals surface area (Å²) in [5.74, 6) is 1.10. The minimum atomic E-state index is -0.317. The van der Waals surface area contributed by atoms with Gasteiger partial charge in [-0.1, -0.05) is 0 Å². The lowest BCUT2D eigenvalue weighted by atomic mass is 10.3. The Bertz CT molecular complexity index is 584. The Balaban J connectivity index is 1.74. The van der Waals surface area contributed by atoms with Crippen LogP contribution in [0.25, 0.3) is 0 Å². The summed E-state index contributed by atoms with van der Waals surface area (Å²) in [5, 5.41) is 2.73. The maximum atomic E-state index is 12.7. The molecule has 0 aliphatic rings. The van der Waals surface area contributed by atoms with Crippen molar-refractivity contribution in [1.29, 1.82) is 0 Å². The van der Waals surface area contributed by atoms with Crippen LogP contribution in [0.1, 0.15) is 6.42 Å². The van der Waals surface area contributed by atoms with E-state index in [4.69, 9.17) is 4.74 Å². The molecule has 0 heterocycles. The van der Waals surface area contributed by atoms with Gasteiger partial charge in [0.2, 0.25) is 5.91 Å². The van der Waals surface area contributed by atoms with E-state index in [0.717, 1.165) is 10.6 Å². The van der Waals surface area contributed by atoms with Gasteiger partial charge in [0.25, 0.3) is 0 Å². The maximum absolute atomic E-state index is 12.7. The zero-order chi connectivity index (χ0) is 15.1. The summed E-state index contributed by atoms with van der Waals surface area (Å²) < 4.78 is 17.8. The fraction of sp³-hybridized carbons (Fsp3) is 0.188. The van der Waals surface area contributed by atoms with Crippen LogP contribution in [0.4, 0.5) is 10.1 Å². The van der Waals surface area contributed by atoms with Crippen LogP contribution in [0.15, 0.2) is 53.4 Å². The largest absolute Gasteiger partial charge is 0.497 e. The third-order valence-electron chi connectivity index (χ3n) is 2.79. The molecule has 0 aromatic heterocycles. The normalized spacial score (nSPS) is 10.2. The number of thioether (sulfide) groups is 1. The quantitative estimate of drug-likeness (QED) is 0.821. The molecular weight excluding hydrogens is 289 g/mol. The number of halogens is 1. The molecule has 0 fully saturated rings. The molecule has 0 radical (unpaired) electrons. The van der Waals surface area contributed by atoms with Gasteiger partial charge in [-0.3, -0.25) is 4.79 Å². The molecule has 0 aliphatic heterocycles. The molecule has 0 spiro atoms. The molecule has 1 N–H and O–H groups in total. The van der Waals surface area contributed by atoms with Crippen molar-refractivity contribution < 1.29 is 13.9 Å². The number of rotatable bonds is 6. The number of carbonyl (C=O) groups excluding carboxylic acids is 1. The Hall–Kier alpha value is -2.01. The summed E-state index contributed by atoms with van der Waals surface area (Å²) in [6, 6.07) is 13.4. The summed E-state index contributed by atoms with van der Waals surface area (Å²) >= 11 is 1.60. The lowest BCUT2D eigenvalue weighted by Crippen LogP contribution is -2.12. The van der Waals surface area contributed by atoms with Crippen LogP contribution in [0.5, 0.6) is 5.75 Å². The minimum Gasteiger partial charge on any atom is -0.497 e. The van der Waals surface area contributed by atoms with Gasteiger partial charge in [0.05, 0.1) is 7.11 Å². The van der Waals surface area contributed by atoms with Gasteiger partial charge >= 0.3 is 0 Å². The van der Waals surface area contributed by atoms with Gasteiger partial charge in [0, 0.05) is 22.8 Å². The number of benzene rings is 2. The van der Waals surface area contributed by atoms with Crippen molar-refractivity contribution in [1.82, 2.24) is 0 Å². The van der Waals surface area contributed by atoms with Crippen molar-refractivity contribution in [2.75, 3.05) is 18.2 Å². The highest BCUT2D eigenvalue weighted by molar-refractivity contribution is 7.99. The Morgan fingerprint density at radius 3 is 2.43 bits per heavy atom. The number of ether oxygens (including phenoxy) is 1. The molecule has 2 aromatic carbocycles. The third kappa shape index (κ3) is 5.11. The van der Waals surface area contributed by atoms with Gasteiger partial charge in [-0.25, -0.2) is 4.39 Å². The number of hydrogen-bond acceptors (Lipinski definition) is 3. The average molecular weight is 305 g/mol. The predicted molar refractivity (Wildman–Crippen MR) is 83.4 cm³/mol. The highest BCUT2D eigenvalue weighted by Gasteiger charge is 2.03. The van der Waals surface area contributed by atoms with Gasteiger partial charge in [-0.15, -0.1) is 11.8 Å². The van der Waals surface area contributed by atoms with Crippen molar-refractivity contribution in [2.45, 2.75) is 11.3 Å². The topological polar surface area (TPSA) is 38.3 Å². The fourth-order valence-corrected chi connectivity index (χ4v) is 2.54. The van der Waals surface area contributed by atoms with E-state index in [1.165, 1.54) is 12.1 Å². The molecule has 1 amide bonds. The van der Waals surface area contributed by atoms with E-state index in [9.17, 15) is 9.18 Å². The summed E-state index contributed by atoms with van der Waals surface area (Å²) in [5.41, 5.74) is 0.607. The second-order valence-electron chi connectivity index (χ2n) is 4.33. The van der Waals surface area contributed by atoms with Crippen molar-refractivity contribution >= 4 is 23.4 Å². The van der Waals surface area contributed by atoms with E-state index in [1.54, 1.807) is 31.0 Å². The number of methoxy groups -OCH3 is 1. The van der Waals surface area contributed by atoms with Crippen molar-refractivity contribution in [2.24, 2.45) is 0 Å². The molecule has 110 valence electrons. The zero-order valence-corrected chi connectivity index (χ0v) is 12.5. The first-order valence-corrected chi connectivity index (χ1v) is 7.48. The average Bonchev–Trinajstić information content (AvgIpc) is 2.50. The van der Waals surface area contributed by atoms with Gasteiger partial charge in [0.1, 0.15) is 11.6 Å². The lowest BCUT2D eigenvalue weighted by molar-refractivity contribution is -0.115. The molecule has 0 unspecified atom stereocenters. The number of hydrogen-bond donors (Lipinski definition) is 1. The lowest BCUT2D eigenvalue weighted by Gasteiger charge is -2.05. The zero-order valence-electron chi connectivity index (χ0n) is 11.6. The first-order chi connectivity index (χ1) is 10.2. The van der Waals surface area contributed by atoms with Crippen LogP contribution in [-0.4, -0.2) is 18.8 Å². The molecular formula is C16H16FNO2S. The first-order valence-electron chi connectivity index (χ1n) is 6.49. The van der Waals surface area contributed by atoms with Crippen LogP contribution in [0, 0.1) is 5.82 Å². The first kappa shape index (κ1) is 15.4. The molecule has 0 bridgehead atoms. The highest BCUT2D eigenvalue weighted by atomic mass is 32.2. The maximum Gasteiger partial charge on any atom is 0.225 e. The fourth-order valence-electron chi connectivity index (χ4n) is 1.69. The smallest absolute Gasteiger partial charge is 0.225 e. The van der Waals surface area contributed by atoms with Crippen LogP contribution in [0.2, 0.25) is 0 Å². The van der Waals surface area contributed by atoms with Crippen molar-refractivity contribution in [3.8, 4) is 5.75 Å². The van der Waals surface area contributed by atoms with Crippen molar-refractivity contribution in [3.63, 3.8) is 0 Å². The molecule has 0 saturated heterocycles. The number of nitrogens with one attached hydrogen (secondary N) is 1. The molecule has 2 rings (SSSR count). The summed E-state index contributed by atoms with van der Waals surface area (Å²) in [7, 11) is 1.63. The van der Waals surface area contributed by atoms with Crippen LogP contribution >= 0.6 is 11.8 Å². The van der Waals surface area contributed by atoms with E-state index in [2.05, 4.69) is 5.32 Å². The number of anilines is 1. The number of amides is 1. The second-order valence-corrected chi connectivity index (χ2v) is 5.50. The Labute approximate surface area is 127 Å². The standard InChI is InChI=1S/C16H16FNO2S/c1-20-14-6-8-15(9-7-14)21-11-10-16(19)18-13-4-2-12(17)3-5-13/h2-9H,10-11H2,1H3,(H,18,19). The molecule has 5 heteroatoms. The van der Waals surface area contributed by atoms with Gasteiger partial charge in [0.15, 0.2) is 0 Å². The molecule has 0 atom stereocenters. The molecule has 21 heavy (non-hydrogen) atoms. The molecule has 3 nitrogen and oxygen atoms in total. The summed E-state index contributed by atoms with van der Waals surface area (Å²) in [6.45, 7) is 0. The van der Waals surface area contributed by atoms with Gasteiger partial charge in [-0.2, -0.15) is 0 Å². The highest BCUT2D eigenvalue weighted by Crippen LogP contribution is 2.22. The van der Waals surface area contributed by atoms with E-state index < -0.39 is 0 Å². The van der Waals surface area contributed by atoms with Gasteiger partial charge in [-0.05, 0) is 48.5 Å². The van der Waals surface area contributed by atoms with E-state index in [-0.39, 0.29) is 11.7 Å². The summed E-state index contributed by atoms with van der Waals surface area (Å²) in [4.78, 5) is 12.8. The van der Waals surface area contributed by atoms with Gasteiger partial charge < -0.3 is 10.1 Å². The van der Waals surface area contributed by atoms with E-state index in [1.807, 2.05) is 24.3 Å². The molecule has 2 aromatic rings. The van der Waals surface area contributed by atoms with Crippen LogP contribution < -0.4 is 10.1 Å². The Morgan fingerprint density at radius 1 is 1.14 bits per heavy atom.